The van der Waals surface area contributed by atoms with Crippen molar-refractivity contribution in [3.8, 4) is 0 Å². The van der Waals surface area contributed by atoms with Crippen molar-refractivity contribution >= 4 is 39.1 Å². The van der Waals surface area contributed by atoms with Crippen LogP contribution in [0, 0.1) is 12.3 Å². The number of hydrogen-bond donors (Lipinski definition) is 0. The lowest BCUT2D eigenvalue weighted by atomic mass is 9.60. The third kappa shape index (κ3) is 2.93. The lowest BCUT2D eigenvalue weighted by Crippen LogP contribution is -2.51. The summed E-state index contributed by atoms with van der Waals surface area (Å²) in [5, 5.41) is 0. The van der Waals surface area contributed by atoms with Gasteiger partial charge in [0.15, 0.2) is 11.6 Å². The Morgan fingerprint density at radius 1 is 0.590 bits per heavy atom. The molecule has 2 unspecified atom stereocenters. The van der Waals surface area contributed by atoms with E-state index in [1.165, 1.54) is 0 Å². The first-order chi connectivity index (χ1) is 18.8. The highest BCUT2D eigenvalue weighted by Gasteiger charge is 2.79. The molecule has 3 aliphatic rings. The molecule has 7 rings (SSSR count). The van der Waals surface area contributed by atoms with Gasteiger partial charge < -0.3 is 4.74 Å². The molecule has 1 saturated heterocycles. The molecule has 2 atom stereocenters. The smallest absolute Gasteiger partial charge is 0.204 e. The molecule has 4 aromatic rings. The Labute approximate surface area is 232 Å². The highest BCUT2D eigenvalue weighted by atomic mass is 79.9. The standard InChI is InChI=1S/C33H21BrO5/c1-18-10-12-19(13-11-18)26-32(27(35)22-6-2-3-7-23(22)28(32)36)31(20-14-16-21(34)17-15-20)39-33(26)29(37)24-8-4-5-9-25(24)30(33)38/h2-17,26,31H,1H3. The molecule has 1 fully saturated rings. The quantitative estimate of drug-likeness (QED) is 0.255. The molecule has 0 bridgehead atoms. The molecule has 0 amide bonds. The zero-order chi connectivity index (χ0) is 27.1. The van der Waals surface area contributed by atoms with Crippen LogP contribution in [-0.2, 0) is 4.74 Å². The number of aryl methyl sites for hydroxylation is 1. The van der Waals surface area contributed by atoms with Gasteiger partial charge in [0.25, 0.3) is 0 Å². The molecule has 39 heavy (non-hydrogen) atoms. The van der Waals surface area contributed by atoms with E-state index in [-0.39, 0.29) is 22.3 Å². The molecule has 0 aromatic heterocycles. The number of rotatable bonds is 2. The van der Waals surface area contributed by atoms with E-state index in [9.17, 15) is 19.2 Å². The SMILES string of the molecule is Cc1ccc(C2C3(OC(c4ccc(Br)cc4)C24C(=O)c2ccccc2C4=O)C(=O)c2ccccc2C3=O)cc1. The van der Waals surface area contributed by atoms with Crippen molar-refractivity contribution in [2.24, 2.45) is 5.41 Å². The van der Waals surface area contributed by atoms with Crippen LogP contribution in [-0.4, -0.2) is 28.7 Å². The van der Waals surface area contributed by atoms with E-state index in [0.717, 1.165) is 10.0 Å². The molecule has 0 saturated carbocycles. The first kappa shape index (κ1) is 24.1. The summed E-state index contributed by atoms with van der Waals surface area (Å²) >= 11 is 3.45. The Morgan fingerprint density at radius 3 is 1.51 bits per heavy atom. The maximum Gasteiger partial charge on any atom is 0.204 e. The largest absolute Gasteiger partial charge is 0.348 e. The second kappa shape index (κ2) is 8.25. The van der Waals surface area contributed by atoms with Gasteiger partial charge in [-0.15, -0.1) is 0 Å². The Morgan fingerprint density at radius 2 is 1.03 bits per heavy atom. The number of ether oxygens (including phenoxy) is 1. The molecular weight excluding hydrogens is 556 g/mol. The van der Waals surface area contributed by atoms with Crippen LogP contribution in [0.15, 0.2) is 102 Å². The molecule has 6 heteroatoms. The summed E-state index contributed by atoms with van der Waals surface area (Å²) in [5.41, 5.74) is -0.879. The number of fused-ring (bicyclic) bond motifs is 2. The number of Topliss-reactive ketones (excluding diaryl/α,β-unsaturated/α-hetero) is 4. The van der Waals surface area contributed by atoms with E-state index in [1.54, 1.807) is 84.9 Å². The number of carbonyl (C=O) groups is 4. The van der Waals surface area contributed by atoms with E-state index < -0.39 is 46.2 Å². The van der Waals surface area contributed by atoms with Gasteiger partial charge in [-0.3, -0.25) is 19.2 Å². The Balaban J connectivity index is 1.59. The number of hydrogen-bond acceptors (Lipinski definition) is 5. The van der Waals surface area contributed by atoms with Crippen molar-refractivity contribution in [3.63, 3.8) is 0 Å². The van der Waals surface area contributed by atoms with Gasteiger partial charge in [-0.2, -0.15) is 0 Å². The van der Waals surface area contributed by atoms with Gasteiger partial charge in [0.05, 0.1) is 5.92 Å². The van der Waals surface area contributed by atoms with E-state index in [0.29, 0.717) is 11.1 Å². The minimum atomic E-state index is -2.08. The van der Waals surface area contributed by atoms with Crippen molar-refractivity contribution < 1.29 is 23.9 Å². The lowest BCUT2D eigenvalue weighted by Gasteiger charge is -2.34. The highest BCUT2D eigenvalue weighted by Crippen LogP contribution is 2.67. The van der Waals surface area contributed by atoms with Crippen molar-refractivity contribution in [1.29, 1.82) is 0 Å². The van der Waals surface area contributed by atoms with Gasteiger partial charge in [-0.25, -0.2) is 0 Å². The summed E-state index contributed by atoms with van der Waals surface area (Å²) in [7, 11) is 0. The van der Waals surface area contributed by atoms with Crippen LogP contribution in [0.2, 0.25) is 0 Å². The minimum Gasteiger partial charge on any atom is -0.348 e. The Kier molecular flexibility index (Phi) is 5.09. The molecule has 4 aromatic carbocycles. The number of ketones is 4. The fourth-order valence-corrected chi connectivity index (χ4v) is 6.99. The fraction of sp³-hybridized carbons (Fsp3) is 0.152. The average molecular weight is 577 g/mol. The molecular formula is C33H21BrO5. The third-order valence-electron chi connectivity index (χ3n) is 8.42. The van der Waals surface area contributed by atoms with Crippen molar-refractivity contribution in [1.82, 2.24) is 0 Å². The van der Waals surface area contributed by atoms with Gasteiger partial charge in [-0.05, 0) is 30.2 Å². The zero-order valence-corrected chi connectivity index (χ0v) is 22.4. The molecule has 5 nitrogen and oxygen atoms in total. The van der Waals surface area contributed by atoms with E-state index in [2.05, 4.69) is 15.9 Å². The summed E-state index contributed by atoms with van der Waals surface area (Å²) < 4.78 is 7.50. The topological polar surface area (TPSA) is 77.5 Å². The lowest BCUT2D eigenvalue weighted by molar-refractivity contribution is -0.0210. The molecule has 2 aliphatic carbocycles. The van der Waals surface area contributed by atoms with Crippen LogP contribution >= 0.6 is 15.9 Å². The fourth-order valence-electron chi connectivity index (χ4n) is 6.72. The maximum atomic E-state index is 14.6. The summed E-state index contributed by atoms with van der Waals surface area (Å²) in [6, 6.07) is 27.7. The summed E-state index contributed by atoms with van der Waals surface area (Å²) in [5.74, 6) is -3.10. The molecule has 2 spiro atoms. The molecule has 0 N–H and O–H groups in total. The van der Waals surface area contributed by atoms with Crippen LogP contribution in [0.3, 0.4) is 0 Å². The van der Waals surface area contributed by atoms with Crippen LogP contribution in [0.25, 0.3) is 0 Å². The average Bonchev–Trinajstić information content (AvgIpc) is 3.48. The van der Waals surface area contributed by atoms with Crippen LogP contribution in [0.4, 0.5) is 0 Å². The van der Waals surface area contributed by atoms with Gasteiger partial charge in [0.1, 0.15) is 11.5 Å². The van der Waals surface area contributed by atoms with Crippen molar-refractivity contribution in [2.45, 2.75) is 24.5 Å². The highest BCUT2D eigenvalue weighted by molar-refractivity contribution is 9.10. The van der Waals surface area contributed by atoms with Crippen LogP contribution < -0.4 is 0 Å². The molecule has 0 radical (unpaired) electrons. The Hall–Kier alpha value is -4.00. The van der Waals surface area contributed by atoms with E-state index in [1.807, 2.05) is 19.1 Å². The van der Waals surface area contributed by atoms with E-state index >= 15 is 0 Å². The first-order valence-electron chi connectivity index (χ1n) is 12.7. The summed E-state index contributed by atoms with van der Waals surface area (Å²) in [6.45, 7) is 1.93. The van der Waals surface area contributed by atoms with Crippen LogP contribution in [0.5, 0.6) is 0 Å². The number of halogens is 1. The monoisotopic (exact) mass is 576 g/mol. The number of benzene rings is 4. The first-order valence-corrected chi connectivity index (χ1v) is 13.5. The molecule has 190 valence electrons. The molecule has 1 aliphatic heterocycles. The van der Waals surface area contributed by atoms with Gasteiger partial charge in [0, 0.05) is 26.7 Å². The molecule has 1 heterocycles. The Bertz CT molecular complexity index is 1660. The third-order valence-corrected chi connectivity index (χ3v) is 8.95. The number of carbonyl (C=O) groups excluding carboxylic acids is 4. The normalized spacial score (nSPS) is 22.1. The van der Waals surface area contributed by atoms with Gasteiger partial charge in [0.2, 0.25) is 17.2 Å². The van der Waals surface area contributed by atoms with Crippen molar-refractivity contribution in [3.05, 3.63) is 140 Å². The second-order valence-electron chi connectivity index (χ2n) is 10.4. The summed E-state index contributed by atoms with van der Waals surface area (Å²) in [4.78, 5) is 58.0. The van der Waals surface area contributed by atoms with Crippen molar-refractivity contribution in [2.75, 3.05) is 0 Å². The van der Waals surface area contributed by atoms with E-state index in [4.69, 9.17) is 4.74 Å². The minimum absolute atomic E-state index is 0.238. The predicted molar refractivity (Wildman–Crippen MR) is 147 cm³/mol. The predicted octanol–water partition coefficient (Wildman–Crippen LogP) is 6.50. The second-order valence-corrected chi connectivity index (χ2v) is 11.3. The maximum absolute atomic E-state index is 14.6. The van der Waals surface area contributed by atoms with Gasteiger partial charge >= 0.3 is 0 Å². The summed E-state index contributed by atoms with van der Waals surface area (Å²) in [6.07, 6.45) is -1.17. The van der Waals surface area contributed by atoms with Gasteiger partial charge in [-0.1, -0.05) is 106 Å². The van der Waals surface area contributed by atoms with Crippen LogP contribution in [0.1, 0.15) is 70.1 Å². The zero-order valence-electron chi connectivity index (χ0n) is 20.8.